The van der Waals surface area contributed by atoms with Crippen molar-refractivity contribution >= 4 is 22.7 Å². The van der Waals surface area contributed by atoms with E-state index in [0.717, 1.165) is 0 Å². The van der Waals surface area contributed by atoms with Crippen LogP contribution in [0.2, 0.25) is 0 Å². The van der Waals surface area contributed by atoms with Gasteiger partial charge in [-0.05, 0) is 78.4 Å². The molecule has 0 aliphatic carbocycles. The molecule has 4 aromatic rings. The first-order valence-corrected chi connectivity index (χ1v) is 10.6. The lowest BCUT2D eigenvalue weighted by Crippen LogP contribution is -1.84. The molecule has 2 aromatic carbocycles. The zero-order chi connectivity index (χ0) is 18.3. The maximum absolute atomic E-state index is 2.35. The number of benzene rings is 2. The number of hydrogen-bond donors (Lipinski definition) is 0. The summed E-state index contributed by atoms with van der Waals surface area (Å²) in [4.78, 5) is 2.72. The molecule has 0 N–H and O–H groups in total. The van der Waals surface area contributed by atoms with Crippen molar-refractivity contribution in [2.45, 2.75) is 27.7 Å². The molecule has 2 aromatic heterocycles. The second kappa shape index (κ2) is 6.86. The van der Waals surface area contributed by atoms with E-state index >= 15 is 0 Å². The highest BCUT2D eigenvalue weighted by Crippen LogP contribution is 2.42. The van der Waals surface area contributed by atoms with Gasteiger partial charge in [-0.15, -0.1) is 22.7 Å². The Morgan fingerprint density at radius 1 is 0.615 bits per heavy atom. The third-order valence-electron chi connectivity index (χ3n) is 4.85. The first-order valence-electron chi connectivity index (χ1n) is 8.84. The molecule has 0 bridgehead atoms. The van der Waals surface area contributed by atoms with Crippen molar-refractivity contribution in [2.24, 2.45) is 0 Å². The normalized spacial score (nSPS) is 11.1. The van der Waals surface area contributed by atoms with Crippen LogP contribution in [0.4, 0.5) is 0 Å². The van der Waals surface area contributed by atoms with Gasteiger partial charge in [0.05, 0.1) is 4.88 Å². The Morgan fingerprint density at radius 3 is 1.92 bits per heavy atom. The maximum atomic E-state index is 2.35. The highest BCUT2D eigenvalue weighted by atomic mass is 32.1. The third kappa shape index (κ3) is 3.15. The van der Waals surface area contributed by atoms with Crippen LogP contribution < -0.4 is 0 Å². The van der Waals surface area contributed by atoms with Crippen molar-refractivity contribution < 1.29 is 0 Å². The van der Waals surface area contributed by atoms with Crippen molar-refractivity contribution in [3.05, 3.63) is 81.5 Å². The van der Waals surface area contributed by atoms with Gasteiger partial charge < -0.3 is 0 Å². The molecule has 0 saturated carbocycles. The van der Waals surface area contributed by atoms with Gasteiger partial charge in [-0.2, -0.15) is 0 Å². The predicted octanol–water partition coefficient (Wildman–Crippen LogP) is 8.04. The highest BCUT2D eigenvalue weighted by molar-refractivity contribution is 7.21. The van der Waals surface area contributed by atoms with E-state index in [4.69, 9.17) is 0 Å². The monoisotopic (exact) mass is 374 g/mol. The number of thiophene rings is 2. The van der Waals surface area contributed by atoms with Crippen LogP contribution in [0.3, 0.4) is 0 Å². The molecule has 0 unspecified atom stereocenters. The van der Waals surface area contributed by atoms with Gasteiger partial charge in [0.2, 0.25) is 0 Å². The summed E-state index contributed by atoms with van der Waals surface area (Å²) in [6.45, 7) is 8.71. The van der Waals surface area contributed by atoms with Gasteiger partial charge in [-0.3, -0.25) is 0 Å². The molecule has 0 saturated heterocycles. The first kappa shape index (κ1) is 17.3. The molecule has 2 heteroatoms. The third-order valence-corrected chi connectivity index (χ3v) is 6.88. The first-order chi connectivity index (χ1) is 12.5. The second-order valence-corrected chi connectivity index (χ2v) is 8.83. The van der Waals surface area contributed by atoms with E-state index in [0.29, 0.717) is 0 Å². The van der Waals surface area contributed by atoms with Crippen LogP contribution >= 0.6 is 22.7 Å². The Hall–Kier alpha value is -2.16. The summed E-state index contributed by atoms with van der Waals surface area (Å²) >= 11 is 3.68. The molecule has 4 rings (SSSR count). The van der Waals surface area contributed by atoms with E-state index in [-0.39, 0.29) is 0 Å². The average Bonchev–Trinajstić information content (AvgIpc) is 3.23. The Labute approximate surface area is 163 Å². The van der Waals surface area contributed by atoms with Crippen molar-refractivity contribution in [2.75, 3.05) is 0 Å². The SMILES string of the molecule is Cc1ccc(-c2csc(-c3sccc3-c3ccc(C)cc3C)c2)c(C)c1. The molecule has 0 aliphatic heterocycles. The summed E-state index contributed by atoms with van der Waals surface area (Å²) in [5.41, 5.74) is 10.7. The summed E-state index contributed by atoms with van der Waals surface area (Å²) < 4.78 is 0. The summed E-state index contributed by atoms with van der Waals surface area (Å²) in [6.07, 6.45) is 0. The van der Waals surface area contributed by atoms with Crippen LogP contribution in [0.1, 0.15) is 22.3 Å². The van der Waals surface area contributed by atoms with Crippen LogP contribution in [0.25, 0.3) is 32.0 Å². The minimum atomic E-state index is 1.32. The van der Waals surface area contributed by atoms with Crippen molar-refractivity contribution in [3.8, 4) is 32.0 Å². The zero-order valence-corrected chi connectivity index (χ0v) is 17.2. The van der Waals surface area contributed by atoms with E-state index < -0.39 is 0 Å². The summed E-state index contributed by atoms with van der Waals surface area (Å²) in [5, 5.41) is 4.50. The van der Waals surface area contributed by atoms with Crippen LogP contribution in [-0.4, -0.2) is 0 Å². The molecule has 0 radical (unpaired) electrons. The number of aryl methyl sites for hydroxylation is 4. The van der Waals surface area contributed by atoms with E-state index in [1.807, 2.05) is 22.7 Å². The second-order valence-electron chi connectivity index (χ2n) is 7.00. The fraction of sp³-hybridized carbons (Fsp3) is 0.167. The lowest BCUT2D eigenvalue weighted by atomic mass is 9.98. The van der Waals surface area contributed by atoms with E-state index in [2.05, 4.69) is 87.0 Å². The van der Waals surface area contributed by atoms with Gasteiger partial charge in [0.15, 0.2) is 0 Å². The molecule has 2 heterocycles. The highest BCUT2D eigenvalue weighted by Gasteiger charge is 2.14. The van der Waals surface area contributed by atoms with Crippen LogP contribution in [0.15, 0.2) is 59.3 Å². The maximum Gasteiger partial charge on any atom is 0.0521 e. The van der Waals surface area contributed by atoms with Crippen molar-refractivity contribution in [1.82, 2.24) is 0 Å². The van der Waals surface area contributed by atoms with Crippen molar-refractivity contribution in [1.29, 1.82) is 0 Å². The van der Waals surface area contributed by atoms with Crippen molar-refractivity contribution in [3.63, 3.8) is 0 Å². The van der Waals surface area contributed by atoms with Gasteiger partial charge in [0.25, 0.3) is 0 Å². The van der Waals surface area contributed by atoms with E-state index in [9.17, 15) is 0 Å². The molecule has 0 nitrogen and oxygen atoms in total. The lowest BCUT2D eigenvalue weighted by molar-refractivity contribution is 1.38. The van der Waals surface area contributed by atoms with Gasteiger partial charge >= 0.3 is 0 Å². The average molecular weight is 375 g/mol. The fourth-order valence-corrected chi connectivity index (χ4v) is 5.53. The van der Waals surface area contributed by atoms with Crippen LogP contribution in [-0.2, 0) is 0 Å². The van der Waals surface area contributed by atoms with Gasteiger partial charge in [0, 0.05) is 10.4 Å². The molecule has 0 amide bonds. The Balaban J connectivity index is 1.77. The molecule has 130 valence electrons. The fourth-order valence-electron chi connectivity index (χ4n) is 3.56. The zero-order valence-electron chi connectivity index (χ0n) is 15.6. The Bertz CT molecular complexity index is 1080. The quantitative estimate of drug-likeness (QED) is 0.340. The Morgan fingerprint density at radius 2 is 1.27 bits per heavy atom. The number of rotatable bonds is 3. The smallest absolute Gasteiger partial charge is 0.0521 e. The lowest BCUT2D eigenvalue weighted by Gasteiger charge is -2.08. The van der Waals surface area contributed by atoms with Gasteiger partial charge in [-0.1, -0.05) is 47.5 Å². The Kier molecular flexibility index (Phi) is 4.56. The van der Waals surface area contributed by atoms with E-state index in [1.54, 1.807) is 0 Å². The van der Waals surface area contributed by atoms with Gasteiger partial charge in [-0.25, -0.2) is 0 Å². The molecule has 0 spiro atoms. The minimum absolute atomic E-state index is 1.32. The molecule has 0 aliphatic rings. The standard InChI is InChI=1S/C24H22S2/c1-15-5-7-20(17(3)11-15)19-13-23(26-14-19)24-22(9-10-25-24)21-8-6-16(2)12-18(21)4/h5-14H,1-4H3. The summed E-state index contributed by atoms with van der Waals surface area (Å²) in [7, 11) is 0. The molecule has 26 heavy (non-hydrogen) atoms. The minimum Gasteiger partial charge on any atom is -0.142 e. The molecular formula is C24H22S2. The van der Waals surface area contributed by atoms with E-state index in [1.165, 1.54) is 54.3 Å². The summed E-state index contributed by atoms with van der Waals surface area (Å²) in [5.74, 6) is 0. The van der Waals surface area contributed by atoms with Crippen LogP contribution in [0.5, 0.6) is 0 Å². The number of hydrogen-bond acceptors (Lipinski definition) is 2. The summed E-state index contributed by atoms with van der Waals surface area (Å²) in [6, 6.07) is 18.1. The molecule has 0 atom stereocenters. The molecule has 0 fully saturated rings. The van der Waals surface area contributed by atoms with Crippen LogP contribution in [0, 0.1) is 27.7 Å². The topological polar surface area (TPSA) is 0 Å². The molecular weight excluding hydrogens is 352 g/mol. The predicted molar refractivity (Wildman–Crippen MR) is 117 cm³/mol. The van der Waals surface area contributed by atoms with Gasteiger partial charge in [0.1, 0.15) is 0 Å². The largest absolute Gasteiger partial charge is 0.142 e.